The van der Waals surface area contributed by atoms with Gasteiger partial charge in [-0.25, -0.2) is 9.48 Å². The lowest BCUT2D eigenvalue weighted by molar-refractivity contribution is -0.160. The smallest absolute Gasteiger partial charge is 0.353 e. The Morgan fingerprint density at radius 1 is 1.35 bits per heavy atom. The number of nitrogens with zero attached hydrogens (tertiary/aromatic N) is 6. The van der Waals surface area contributed by atoms with Crippen LogP contribution in [-0.2, 0) is 25.7 Å². The Kier molecular flexibility index (Phi) is 6.61. The van der Waals surface area contributed by atoms with E-state index >= 15 is 0 Å². The second-order valence-corrected chi connectivity index (χ2v) is 12.4. The number of rotatable bonds is 9. The number of carboxylic acid groups (broad SMARTS) is 1. The Morgan fingerprint density at radius 2 is 2.08 bits per heavy atom. The number of Topliss-reactive ketones (excluding diaryl/α,β-unsaturated/α-hetero) is 1. The second-order valence-electron chi connectivity index (χ2n) is 11.0. The predicted octanol–water partition coefficient (Wildman–Crippen LogP) is -0.935. The summed E-state index contributed by atoms with van der Waals surface area (Å²) >= 11 is 1.45. The summed E-state index contributed by atoms with van der Waals surface area (Å²) in [6, 6.07) is -0.621. The summed E-state index contributed by atoms with van der Waals surface area (Å²) < 4.78 is 1.34. The van der Waals surface area contributed by atoms with Crippen LogP contribution in [0.15, 0.2) is 16.9 Å². The Labute approximate surface area is 218 Å². The van der Waals surface area contributed by atoms with Gasteiger partial charge in [0.05, 0.1) is 18.0 Å². The molecule has 3 saturated heterocycles. The summed E-state index contributed by atoms with van der Waals surface area (Å²) in [6.45, 7) is 7.38. The van der Waals surface area contributed by atoms with Gasteiger partial charge in [0.15, 0.2) is 5.78 Å². The molecule has 0 bridgehead atoms. The number of aliphatic carboxylic acids is 1. The quantitative estimate of drug-likeness (QED) is 0.335. The predicted molar refractivity (Wildman–Crippen MR) is 132 cm³/mol. The van der Waals surface area contributed by atoms with E-state index in [4.69, 9.17) is 5.73 Å². The topological polar surface area (TPSA) is 177 Å². The molecule has 1 aromatic heterocycles. The summed E-state index contributed by atoms with van der Waals surface area (Å²) in [5.41, 5.74) is 5.73. The van der Waals surface area contributed by atoms with Crippen LogP contribution in [0.5, 0.6) is 0 Å². The molecule has 200 valence electrons. The number of thioether (sulfide) groups is 1. The molecule has 3 fully saturated rings. The maximum atomic E-state index is 13.1. The molecule has 0 aliphatic carbocycles. The third kappa shape index (κ3) is 4.66. The van der Waals surface area contributed by atoms with E-state index in [9.17, 15) is 24.3 Å². The summed E-state index contributed by atoms with van der Waals surface area (Å²) in [5.74, 6) is -2.33. The highest BCUT2D eigenvalue weighted by Gasteiger charge is 2.60. The number of amides is 2. The first-order valence-electron chi connectivity index (χ1n) is 12.5. The van der Waals surface area contributed by atoms with Crippen molar-refractivity contribution < 1.29 is 24.3 Å². The van der Waals surface area contributed by atoms with Crippen molar-refractivity contribution in [3.05, 3.63) is 16.9 Å². The van der Waals surface area contributed by atoms with Crippen LogP contribution in [0.25, 0.3) is 0 Å². The molecule has 0 unspecified atom stereocenters. The van der Waals surface area contributed by atoms with E-state index in [-0.39, 0.29) is 71.0 Å². The lowest BCUT2D eigenvalue weighted by atomic mass is 9.73. The second kappa shape index (κ2) is 9.48. The highest BCUT2D eigenvalue weighted by atomic mass is 32.2. The number of hydrogen-bond acceptors (Lipinski definition) is 10. The molecule has 5 rings (SSSR count). The van der Waals surface area contributed by atoms with E-state index in [1.165, 1.54) is 27.7 Å². The number of tetrazole rings is 1. The van der Waals surface area contributed by atoms with Gasteiger partial charge in [-0.15, -0.1) is 16.9 Å². The van der Waals surface area contributed by atoms with Crippen LogP contribution in [0.3, 0.4) is 0 Å². The van der Waals surface area contributed by atoms with E-state index < -0.39 is 11.9 Å². The van der Waals surface area contributed by atoms with Crippen LogP contribution in [0.1, 0.15) is 33.6 Å². The minimum atomic E-state index is -1.13. The molecule has 0 saturated carbocycles. The first-order chi connectivity index (χ1) is 17.5. The standard InChI is InChI=1S/C23H32N8O5S/c1-11(4-13(32)7-30-10-26-27-28-30)16-17-12(2)19(18(22(35)36)31(17)21(16)34)37-14-5-15(25-6-14)20(33)29-8-23(3,24)9-29/h10-12,14-17,25H,4-9,24H2,1-3H3,(H,35,36)/t11-,12+,14-,15-,16+,17+/m0/s1. The number of carboxylic acids is 1. The van der Waals surface area contributed by atoms with Gasteiger partial charge in [-0.1, -0.05) is 13.8 Å². The van der Waals surface area contributed by atoms with Crippen LogP contribution in [0, 0.1) is 17.8 Å². The minimum Gasteiger partial charge on any atom is -0.477 e. The van der Waals surface area contributed by atoms with Crippen LogP contribution >= 0.6 is 11.8 Å². The van der Waals surface area contributed by atoms with Crippen molar-refractivity contribution in [1.29, 1.82) is 0 Å². The Hall–Kier alpha value is -2.84. The lowest BCUT2D eigenvalue weighted by Crippen LogP contribution is -2.68. The Morgan fingerprint density at radius 3 is 2.70 bits per heavy atom. The van der Waals surface area contributed by atoms with Gasteiger partial charge < -0.3 is 26.0 Å². The molecule has 1 aromatic rings. The largest absolute Gasteiger partial charge is 0.477 e. The molecule has 5 heterocycles. The number of likely N-dealkylation sites (tertiary alicyclic amines) is 1. The van der Waals surface area contributed by atoms with Crippen molar-refractivity contribution in [1.82, 2.24) is 35.3 Å². The van der Waals surface area contributed by atoms with Crippen molar-refractivity contribution in [2.24, 2.45) is 23.5 Å². The highest BCUT2D eigenvalue weighted by Crippen LogP contribution is 2.53. The zero-order valence-electron chi connectivity index (χ0n) is 21.0. The summed E-state index contributed by atoms with van der Waals surface area (Å²) in [5, 5.41) is 24.0. The average Bonchev–Trinajstić information content (AvgIpc) is 3.52. The third-order valence-corrected chi connectivity index (χ3v) is 9.29. The highest BCUT2D eigenvalue weighted by molar-refractivity contribution is 8.03. The maximum absolute atomic E-state index is 13.1. The van der Waals surface area contributed by atoms with Crippen LogP contribution < -0.4 is 11.1 Å². The zero-order chi connectivity index (χ0) is 26.6. The SMILES string of the molecule is C[C@@H](CC(=O)Cn1cnnn1)[C@H]1C(=O)N2C(C(=O)O)=C(S[C@@H]3CN[C@H](C(=O)N4CC(C)(N)C4)C3)[C@H](C)[C@H]12. The molecule has 37 heavy (non-hydrogen) atoms. The fourth-order valence-electron chi connectivity index (χ4n) is 6.11. The van der Waals surface area contributed by atoms with Crippen LogP contribution in [-0.4, -0.2) is 101 Å². The van der Waals surface area contributed by atoms with Gasteiger partial charge in [-0.05, 0) is 29.7 Å². The number of carbonyl (C=O) groups excluding carboxylic acids is 3. The summed E-state index contributed by atoms with van der Waals surface area (Å²) in [6.07, 6.45) is 2.11. The summed E-state index contributed by atoms with van der Waals surface area (Å²) in [4.78, 5) is 54.5. The number of nitrogens with two attached hydrogens (primary N) is 1. The molecule has 4 aliphatic rings. The molecule has 0 spiro atoms. The monoisotopic (exact) mass is 532 g/mol. The molecule has 0 aromatic carbocycles. The fourth-order valence-corrected chi connectivity index (χ4v) is 7.59. The van der Waals surface area contributed by atoms with Crippen molar-refractivity contribution >= 4 is 35.3 Å². The molecule has 4 N–H and O–H groups in total. The first-order valence-corrected chi connectivity index (χ1v) is 13.4. The van der Waals surface area contributed by atoms with Crippen LogP contribution in [0.2, 0.25) is 0 Å². The van der Waals surface area contributed by atoms with Gasteiger partial charge in [0, 0.05) is 47.7 Å². The summed E-state index contributed by atoms with van der Waals surface area (Å²) in [7, 11) is 0. The lowest BCUT2D eigenvalue weighted by Gasteiger charge is -2.47. The fraction of sp³-hybridized carbons (Fsp3) is 0.696. The van der Waals surface area contributed by atoms with Crippen molar-refractivity contribution in [2.45, 2.75) is 63.0 Å². The zero-order valence-corrected chi connectivity index (χ0v) is 21.8. The van der Waals surface area contributed by atoms with Crippen LogP contribution in [0.4, 0.5) is 0 Å². The van der Waals surface area contributed by atoms with E-state index in [2.05, 4.69) is 20.8 Å². The van der Waals surface area contributed by atoms with Gasteiger partial charge in [-0.3, -0.25) is 14.4 Å². The van der Waals surface area contributed by atoms with E-state index in [1.807, 2.05) is 20.8 Å². The normalized spacial score (nSPS) is 31.1. The first kappa shape index (κ1) is 25.8. The van der Waals surface area contributed by atoms with Crippen molar-refractivity contribution in [3.63, 3.8) is 0 Å². The Bertz CT molecular complexity index is 1150. The average molecular weight is 533 g/mol. The van der Waals surface area contributed by atoms with E-state index in [0.29, 0.717) is 31.0 Å². The Balaban J connectivity index is 1.23. The van der Waals surface area contributed by atoms with Gasteiger partial charge in [0.25, 0.3) is 0 Å². The molecular formula is C23H32N8O5S. The third-order valence-electron chi connectivity index (χ3n) is 7.78. The van der Waals surface area contributed by atoms with Gasteiger partial charge in [0.2, 0.25) is 11.8 Å². The van der Waals surface area contributed by atoms with E-state index in [0.717, 1.165) is 0 Å². The minimum absolute atomic E-state index is 0.00818. The van der Waals surface area contributed by atoms with E-state index in [1.54, 1.807) is 4.90 Å². The molecule has 14 heteroatoms. The number of aromatic nitrogens is 4. The number of β-lactam (4-membered cyclic amide) rings is 1. The molecule has 2 amide bonds. The van der Waals surface area contributed by atoms with Gasteiger partial charge >= 0.3 is 5.97 Å². The molecule has 6 atom stereocenters. The van der Waals surface area contributed by atoms with Crippen molar-refractivity contribution in [3.8, 4) is 0 Å². The molecule has 4 aliphatic heterocycles. The van der Waals surface area contributed by atoms with Gasteiger partial charge in [-0.2, -0.15) is 0 Å². The number of hydrogen-bond donors (Lipinski definition) is 3. The van der Waals surface area contributed by atoms with Gasteiger partial charge in [0.1, 0.15) is 18.6 Å². The molecule has 13 nitrogen and oxygen atoms in total. The number of carbonyl (C=O) groups is 4. The number of ketones is 1. The molecular weight excluding hydrogens is 500 g/mol. The number of nitrogens with one attached hydrogen (secondary N) is 1. The maximum Gasteiger partial charge on any atom is 0.353 e. The molecule has 0 radical (unpaired) electrons. The van der Waals surface area contributed by atoms with Crippen molar-refractivity contribution in [2.75, 3.05) is 19.6 Å². The number of fused-ring (bicyclic) bond motifs is 1.